The number of aliphatic hydroxyl groups is 2. The van der Waals surface area contributed by atoms with Gasteiger partial charge in [-0.05, 0) is 31.4 Å². The predicted molar refractivity (Wildman–Crippen MR) is 146 cm³/mol. The van der Waals surface area contributed by atoms with Crippen LogP contribution in [-0.2, 0) is 0 Å². The van der Waals surface area contributed by atoms with Crippen molar-refractivity contribution in [2.45, 2.75) is 58.2 Å². The lowest BCUT2D eigenvalue weighted by atomic mass is 10.1. The summed E-state index contributed by atoms with van der Waals surface area (Å²) in [5.74, 6) is -0.584. The number of carbonyl (C=O) groups excluding carboxylic acids is 2. The fraction of sp³-hybridized carbons (Fsp3) is 0.600. The summed E-state index contributed by atoms with van der Waals surface area (Å²) in [4.78, 5) is 29.1. The molecule has 4 N–H and O–H groups in total. The number of fused-ring (bicyclic) bond motifs is 1. The van der Waals surface area contributed by atoms with Gasteiger partial charge in [-0.15, -0.1) is 0 Å². The van der Waals surface area contributed by atoms with Gasteiger partial charge in [-0.25, -0.2) is 0 Å². The molecule has 0 saturated carbocycles. The molecule has 0 bridgehead atoms. The maximum absolute atomic E-state index is 12.6. The predicted octanol–water partition coefficient (Wildman–Crippen LogP) is 2.13. The van der Waals surface area contributed by atoms with Crippen molar-refractivity contribution in [1.29, 1.82) is 0 Å². The SMILES string of the molecule is CCCCNC(=S)C(O)CN(CCCN1C(=O)c2ccccc2C1=O)CC(O)C(=S)NCCCC. The number of thiocarbonyl (C=S) groups is 2. The van der Waals surface area contributed by atoms with Gasteiger partial charge < -0.3 is 20.8 Å². The number of benzene rings is 1. The molecule has 0 saturated heterocycles. The molecule has 0 spiro atoms. The number of aliphatic hydroxyl groups excluding tert-OH is 2. The molecule has 8 nitrogen and oxygen atoms in total. The molecule has 1 heterocycles. The van der Waals surface area contributed by atoms with Gasteiger partial charge in [0.25, 0.3) is 11.8 Å². The zero-order valence-electron chi connectivity index (χ0n) is 20.7. The van der Waals surface area contributed by atoms with E-state index in [4.69, 9.17) is 24.4 Å². The average Bonchev–Trinajstić information content (AvgIpc) is 3.09. The minimum Gasteiger partial charge on any atom is -0.385 e. The lowest BCUT2D eigenvalue weighted by molar-refractivity contribution is 0.0637. The van der Waals surface area contributed by atoms with E-state index in [-0.39, 0.29) is 31.4 Å². The van der Waals surface area contributed by atoms with E-state index in [2.05, 4.69) is 24.5 Å². The number of carbonyl (C=O) groups is 2. The van der Waals surface area contributed by atoms with Crippen molar-refractivity contribution in [2.24, 2.45) is 0 Å². The minimum absolute atomic E-state index is 0.203. The summed E-state index contributed by atoms with van der Waals surface area (Å²) in [7, 11) is 0. The fourth-order valence-corrected chi connectivity index (χ4v) is 4.17. The second-order valence-corrected chi connectivity index (χ2v) is 9.62. The third kappa shape index (κ3) is 8.88. The topological polar surface area (TPSA) is 105 Å². The summed E-state index contributed by atoms with van der Waals surface area (Å²) in [6, 6.07) is 6.81. The Hall–Kier alpha value is -1.98. The van der Waals surface area contributed by atoms with Crippen LogP contribution >= 0.6 is 24.4 Å². The van der Waals surface area contributed by atoms with E-state index in [9.17, 15) is 19.8 Å². The number of unbranched alkanes of at least 4 members (excludes halogenated alkanes) is 2. The van der Waals surface area contributed by atoms with Crippen molar-refractivity contribution < 1.29 is 19.8 Å². The van der Waals surface area contributed by atoms with Crippen molar-refractivity contribution in [3.8, 4) is 0 Å². The largest absolute Gasteiger partial charge is 0.385 e. The van der Waals surface area contributed by atoms with Gasteiger partial charge in [-0.3, -0.25) is 19.4 Å². The molecule has 2 unspecified atom stereocenters. The Morgan fingerprint density at radius 2 is 1.34 bits per heavy atom. The van der Waals surface area contributed by atoms with Gasteiger partial charge >= 0.3 is 0 Å². The van der Waals surface area contributed by atoms with Crippen LogP contribution in [0.2, 0.25) is 0 Å². The van der Waals surface area contributed by atoms with Crippen LogP contribution in [0.5, 0.6) is 0 Å². The van der Waals surface area contributed by atoms with Gasteiger partial charge in [-0.2, -0.15) is 0 Å². The zero-order chi connectivity index (χ0) is 25.8. The maximum Gasteiger partial charge on any atom is 0.261 e. The highest BCUT2D eigenvalue weighted by molar-refractivity contribution is 7.80. The van der Waals surface area contributed by atoms with E-state index < -0.39 is 12.2 Å². The standard InChI is InChI=1S/C25H38N4O4S2/c1-3-5-12-26-22(34)20(30)16-28(17-21(31)23(35)27-13-6-4-2)14-9-15-29-24(32)18-10-7-8-11-19(18)25(29)33/h7-8,10-11,20-21,30-31H,3-6,9,12-17H2,1-2H3,(H,26,34)(H,27,35). The van der Waals surface area contributed by atoms with Crippen LogP contribution in [0.15, 0.2) is 24.3 Å². The Labute approximate surface area is 219 Å². The molecule has 1 aliphatic heterocycles. The molecule has 1 aromatic carbocycles. The average molecular weight is 523 g/mol. The van der Waals surface area contributed by atoms with Crippen LogP contribution in [0.25, 0.3) is 0 Å². The molecular weight excluding hydrogens is 484 g/mol. The summed E-state index contributed by atoms with van der Waals surface area (Å²) >= 11 is 10.7. The molecule has 0 radical (unpaired) electrons. The first-order valence-electron chi connectivity index (χ1n) is 12.4. The smallest absolute Gasteiger partial charge is 0.261 e. The van der Waals surface area contributed by atoms with E-state index in [1.165, 1.54) is 4.90 Å². The number of nitrogens with one attached hydrogen (secondary N) is 2. The summed E-state index contributed by atoms with van der Waals surface area (Å²) in [5.41, 5.74) is 0.847. The quantitative estimate of drug-likeness (QED) is 0.148. The van der Waals surface area contributed by atoms with Crippen LogP contribution in [0.1, 0.15) is 66.7 Å². The highest BCUT2D eigenvalue weighted by Crippen LogP contribution is 2.22. The molecule has 2 atom stereocenters. The highest BCUT2D eigenvalue weighted by Gasteiger charge is 2.34. The number of rotatable bonds is 16. The number of hydrogen-bond donors (Lipinski definition) is 4. The minimum atomic E-state index is -0.907. The van der Waals surface area contributed by atoms with Gasteiger partial charge in [0.2, 0.25) is 0 Å². The van der Waals surface area contributed by atoms with Crippen LogP contribution in [0, 0.1) is 0 Å². The van der Waals surface area contributed by atoms with Crippen molar-refractivity contribution in [2.75, 3.05) is 39.3 Å². The molecule has 2 rings (SSSR count). The molecule has 10 heteroatoms. The zero-order valence-corrected chi connectivity index (χ0v) is 22.3. The Morgan fingerprint density at radius 1 is 0.886 bits per heavy atom. The molecule has 194 valence electrons. The number of hydrogen-bond acceptors (Lipinski definition) is 7. The first-order chi connectivity index (χ1) is 16.8. The van der Waals surface area contributed by atoms with E-state index in [0.29, 0.717) is 47.2 Å². The Bertz CT molecular complexity index is 818. The van der Waals surface area contributed by atoms with E-state index in [0.717, 1.165) is 25.7 Å². The summed E-state index contributed by atoms with van der Waals surface area (Å²) < 4.78 is 0. The van der Waals surface area contributed by atoms with Crippen molar-refractivity contribution >= 4 is 46.2 Å². The number of amides is 2. The van der Waals surface area contributed by atoms with Gasteiger partial charge in [0, 0.05) is 39.3 Å². The van der Waals surface area contributed by atoms with E-state index in [1.54, 1.807) is 24.3 Å². The highest BCUT2D eigenvalue weighted by atomic mass is 32.1. The molecule has 0 aromatic heterocycles. The lowest BCUT2D eigenvalue weighted by Gasteiger charge is -2.28. The lowest BCUT2D eigenvalue weighted by Crippen LogP contribution is -2.48. The summed E-state index contributed by atoms with van der Waals surface area (Å²) in [6.07, 6.45) is 2.61. The third-order valence-corrected chi connectivity index (χ3v) is 6.69. The van der Waals surface area contributed by atoms with Crippen LogP contribution in [0.3, 0.4) is 0 Å². The van der Waals surface area contributed by atoms with Gasteiger partial charge in [0.1, 0.15) is 22.2 Å². The van der Waals surface area contributed by atoms with Crippen molar-refractivity contribution in [3.63, 3.8) is 0 Å². The van der Waals surface area contributed by atoms with Gasteiger partial charge in [0.15, 0.2) is 0 Å². The van der Waals surface area contributed by atoms with E-state index in [1.807, 2.05) is 4.90 Å². The molecule has 0 aliphatic carbocycles. The number of nitrogens with zero attached hydrogens (tertiary/aromatic N) is 2. The van der Waals surface area contributed by atoms with E-state index >= 15 is 0 Å². The van der Waals surface area contributed by atoms with Crippen LogP contribution in [0.4, 0.5) is 0 Å². The molecule has 1 aromatic rings. The normalized spacial score (nSPS) is 14.7. The molecule has 0 fully saturated rings. The molecule has 2 amide bonds. The van der Waals surface area contributed by atoms with Gasteiger partial charge in [0.05, 0.1) is 11.1 Å². The molecule has 1 aliphatic rings. The van der Waals surface area contributed by atoms with Crippen molar-refractivity contribution in [3.05, 3.63) is 35.4 Å². The maximum atomic E-state index is 12.6. The monoisotopic (exact) mass is 522 g/mol. The Balaban J connectivity index is 1.96. The molecular formula is C25H38N4O4S2. The second kappa shape index (κ2) is 15.2. The van der Waals surface area contributed by atoms with Gasteiger partial charge in [-0.1, -0.05) is 63.3 Å². The van der Waals surface area contributed by atoms with Crippen LogP contribution in [-0.4, -0.2) is 93.3 Å². The number of imide groups is 1. The third-order valence-electron chi connectivity index (χ3n) is 5.86. The van der Waals surface area contributed by atoms with Crippen molar-refractivity contribution in [1.82, 2.24) is 20.4 Å². The Kier molecular flexibility index (Phi) is 12.7. The first-order valence-corrected chi connectivity index (χ1v) is 13.2. The second-order valence-electron chi connectivity index (χ2n) is 8.74. The van der Waals surface area contributed by atoms with Crippen LogP contribution < -0.4 is 10.6 Å². The fourth-order valence-electron chi connectivity index (χ4n) is 3.82. The first kappa shape index (κ1) is 29.3. The summed E-state index contributed by atoms with van der Waals surface area (Å²) in [6.45, 7) is 6.64. The molecule has 35 heavy (non-hydrogen) atoms. The Morgan fingerprint density at radius 3 is 1.77 bits per heavy atom. The summed E-state index contributed by atoms with van der Waals surface area (Å²) in [5, 5.41) is 27.4.